The molecule has 0 saturated heterocycles. The fourth-order valence-electron chi connectivity index (χ4n) is 1.71. The van der Waals surface area contributed by atoms with E-state index in [4.69, 9.17) is 4.74 Å². The molecule has 0 aliphatic heterocycles. The summed E-state index contributed by atoms with van der Waals surface area (Å²) in [6, 6.07) is 12.0. The van der Waals surface area contributed by atoms with Gasteiger partial charge in [0.05, 0.1) is 4.92 Å². The van der Waals surface area contributed by atoms with E-state index >= 15 is 0 Å². The largest absolute Gasteiger partial charge is 0.489 e. The fraction of sp³-hybridized carbons (Fsp3) is 0.0714. The summed E-state index contributed by atoms with van der Waals surface area (Å²) in [5.74, 6) is -0.501. The number of amides is 1. The number of nitro groups is 1. The second-order valence-corrected chi connectivity index (χ2v) is 4.17. The van der Waals surface area contributed by atoms with E-state index in [1.807, 2.05) is 0 Å². The maximum Gasteiger partial charge on any atom is 0.279 e. The average Bonchev–Trinajstić information content (AvgIpc) is 2.52. The summed E-state index contributed by atoms with van der Waals surface area (Å²) in [5.41, 5.74) is 1.74. The third-order valence-corrected chi connectivity index (χ3v) is 2.71. The Balaban J connectivity index is 2.08. The van der Waals surface area contributed by atoms with Crippen LogP contribution >= 0.6 is 0 Å². The van der Waals surface area contributed by atoms with Crippen LogP contribution in [0.3, 0.4) is 0 Å². The van der Waals surface area contributed by atoms with E-state index in [2.05, 4.69) is 0 Å². The maximum absolute atomic E-state index is 12.1. The third-order valence-electron chi connectivity index (χ3n) is 2.71. The second-order valence-electron chi connectivity index (χ2n) is 4.17. The van der Waals surface area contributed by atoms with Crippen LogP contribution in [0.4, 0.5) is 10.2 Å². The second kappa shape index (κ2) is 6.47. The highest BCUT2D eigenvalue weighted by Gasteiger charge is 2.08. The highest BCUT2D eigenvalue weighted by Crippen LogP contribution is 2.17. The van der Waals surface area contributed by atoms with Crippen LogP contribution in [0.25, 0.3) is 0 Å². The Kier molecular flexibility index (Phi) is 4.45. The van der Waals surface area contributed by atoms with Crippen molar-refractivity contribution in [2.45, 2.75) is 6.61 Å². The summed E-state index contributed by atoms with van der Waals surface area (Å²) in [4.78, 5) is 21.3. The third kappa shape index (κ3) is 3.75. The van der Waals surface area contributed by atoms with Gasteiger partial charge in [0.25, 0.3) is 11.6 Å². The van der Waals surface area contributed by atoms with Crippen molar-refractivity contribution in [2.75, 3.05) is 0 Å². The molecule has 0 fully saturated rings. The lowest BCUT2D eigenvalue weighted by molar-refractivity contribution is -0.384. The minimum atomic E-state index is -0.865. The van der Waals surface area contributed by atoms with Gasteiger partial charge in [-0.15, -0.1) is 0 Å². The SMILES string of the molecule is O=C(NF)c1cccc(OCc2cccc([N+](=O)[O-])c2)c1. The summed E-state index contributed by atoms with van der Waals surface area (Å²) < 4.78 is 17.5. The summed E-state index contributed by atoms with van der Waals surface area (Å²) in [6.45, 7) is 0.0996. The molecule has 0 bridgehead atoms. The van der Waals surface area contributed by atoms with E-state index in [0.29, 0.717) is 11.3 Å². The van der Waals surface area contributed by atoms with Gasteiger partial charge in [-0.25, -0.2) is 0 Å². The molecule has 0 radical (unpaired) electrons. The minimum absolute atomic E-state index is 0.0262. The molecule has 0 aromatic heterocycles. The van der Waals surface area contributed by atoms with Crippen LogP contribution in [0.1, 0.15) is 15.9 Å². The first kappa shape index (κ1) is 14.4. The number of nitrogens with one attached hydrogen (secondary N) is 1. The van der Waals surface area contributed by atoms with E-state index < -0.39 is 10.8 Å². The maximum atomic E-state index is 12.1. The van der Waals surface area contributed by atoms with E-state index in [1.54, 1.807) is 24.3 Å². The van der Waals surface area contributed by atoms with E-state index in [1.165, 1.54) is 24.3 Å². The molecule has 21 heavy (non-hydrogen) atoms. The van der Waals surface area contributed by atoms with Gasteiger partial charge in [-0.3, -0.25) is 14.9 Å². The predicted octanol–water partition coefficient (Wildman–Crippen LogP) is 2.79. The zero-order valence-corrected chi connectivity index (χ0v) is 10.8. The Bertz CT molecular complexity index is 676. The van der Waals surface area contributed by atoms with E-state index in [-0.39, 0.29) is 17.9 Å². The van der Waals surface area contributed by atoms with Gasteiger partial charge in [0.2, 0.25) is 0 Å². The number of benzene rings is 2. The van der Waals surface area contributed by atoms with Crippen molar-refractivity contribution < 1.29 is 18.9 Å². The topological polar surface area (TPSA) is 81.5 Å². The Morgan fingerprint density at radius 3 is 2.71 bits per heavy atom. The van der Waals surface area contributed by atoms with Crippen LogP contribution in [-0.4, -0.2) is 10.8 Å². The first-order valence-electron chi connectivity index (χ1n) is 5.97. The van der Waals surface area contributed by atoms with Crippen molar-refractivity contribution in [3.05, 3.63) is 69.8 Å². The summed E-state index contributed by atoms with van der Waals surface area (Å²) in [7, 11) is 0. The Morgan fingerprint density at radius 1 is 1.24 bits per heavy atom. The summed E-state index contributed by atoms with van der Waals surface area (Å²) in [6.07, 6.45) is 0. The predicted molar refractivity (Wildman–Crippen MR) is 72.4 cm³/mol. The Labute approximate surface area is 119 Å². The van der Waals surface area contributed by atoms with Crippen LogP contribution in [-0.2, 0) is 6.61 Å². The van der Waals surface area contributed by atoms with Crippen molar-refractivity contribution in [3.8, 4) is 5.75 Å². The lowest BCUT2D eigenvalue weighted by atomic mass is 10.2. The number of non-ortho nitro benzene ring substituents is 1. The minimum Gasteiger partial charge on any atom is -0.489 e. The molecule has 1 N–H and O–H groups in total. The van der Waals surface area contributed by atoms with Crippen molar-refractivity contribution >= 4 is 11.6 Å². The molecule has 6 nitrogen and oxygen atoms in total. The van der Waals surface area contributed by atoms with Crippen molar-refractivity contribution in [2.24, 2.45) is 0 Å². The van der Waals surface area contributed by atoms with Crippen LogP contribution < -0.4 is 10.3 Å². The van der Waals surface area contributed by atoms with Gasteiger partial charge < -0.3 is 4.74 Å². The fourth-order valence-corrected chi connectivity index (χ4v) is 1.71. The molecule has 1 amide bonds. The quantitative estimate of drug-likeness (QED) is 0.521. The highest BCUT2D eigenvalue weighted by atomic mass is 19.2. The highest BCUT2D eigenvalue weighted by molar-refractivity contribution is 5.93. The van der Waals surface area contributed by atoms with Gasteiger partial charge in [0.15, 0.2) is 0 Å². The summed E-state index contributed by atoms with van der Waals surface area (Å²) >= 11 is 0. The van der Waals surface area contributed by atoms with Gasteiger partial charge in [0.1, 0.15) is 12.4 Å². The molecule has 0 spiro atoms. The number of carbonyl (C=O) groups excluding carboxylic acids is 1. The molecule has 7 heteroatoms. The monoisotopic (exact) mass is 290 g/mol. The first-order valence-corrected chi connectivity index (χ1v) is 5.97. The zero-order chi connectivity index (χ0) is 15.2. The molecule has 0 unspecified atom stereocenters. The number of carbonyl (C=O) groups is 1. The number of rotatable bonds is 5. The molecule has 0 aliphatic carbocycles. The summed E-state index contributed by atoms with van der Waals surface area (Å²) in [5, 5.41) is 10.7. The van der Waals surface area contributed by atoms with Gasteiger partial charge in [0, 0.05) is 17.7 Å². The molecular weight excluding hydrogens is 279 g/mol. The first-order chi connectivity index (χ1) is 10.1. The number of hydrogen-bond donors (Lipinski definition) is 1. The number of nitrogens with zero attached hydrogens (tertiary/aromatic N) is 1. The van der Waals surface area contributed by atoms with Gasteiger partial charge in [-0.2, -0.15) is 5.54 Å². The molecule has 0 atom stereocenters. The van der Waals surface area contributed by atoms with Gasteiger partial charge >= 0.3 is 0 Å². The van der Waals surface area contributed by atoms with Crippen LogP contribution in [0, 0.1) is 10.1 Å². The average molecular weight is 290 g/mol. The lowest BCUT2D eigenvalue weighted by Gasteiger charge is -2.07. The molecule has 2 rings (SSSR count). The van der Waals surface area contributed by atoms with Crippen LogP contribution in [0.15, 0.2) is 48.5 Å². The van der Waals surface area contributed by atoms with E-state index in [0.717, 1.165) is 5.54 Å². The molecule has 0 saturated carbocycles. The standard InChI is InChI=1S/C14H11FN2O4/c15-16-14(18)11-4-2-6-13(8-11)21-9-10-3-1-5-12(7-10)17(19)20/h1-8H,9H2,(H,16,18). The normalized spacial score (nSPS) is 9.95. The number of halogens is 1. The molecule has 0 aliphatic rings. The van der Waals surface area contributed by atoms with Crippen molar-refractivity contribution in [1.82, 2.24) is 5.54 Å². The van der Waals surface area contributed by atoms with Crippen LogP contribution in [0.2, 0.25) is 0 Å². The molecule has 2 aromatic rings. The van der Waals surface area contributed by atoms with Crippen molar-refractivity contribution in [1.29, 1.82) is 0 Å². The van der Waals surface area contributed by atoms with E-state index in [9.17, 15) is 19.4 Å². The Morgan fingerprint density at radius 2 is 2.00 bits per heavy atom. The number of nitro benzene ring substituents is 1. The lowest BCUT2D eigenvalue weighted by Crippen LogP contribution is -2.13. The molecule has 2 aromatic carbocycles. The van der Waals surface area contributed by atoms with Crippen LogP contribution in [0.5, 0.6) is 5.75 Å². The Hall–Kier alpha value is -2.96. The number of ether oxygens (including phenoxy) is 1. The molecule has 108 valence electrons. The van der Waals surface area contributed by atoms with Gasteiger partial charge in [-0.05, 0) is 23.8 Å². The molecule has 0 heterocycles. The zero-order valence-electron chi connectivity index (χ0n) is 10.8. The number of hydrogen-bond acceptors (Lipinski definition) is 4. The molecular formula is C14H11FN2O4. The van der Waals surface area contributed by atoms with Crippen molar-refractivity contribution in [3.63, 3.8) is 0 Å². The van der Waals surface area contributed by atoms with Gasteiger partial charge in [-0.1, -0.05) is 22.7 Å². The smallest absolute Gasteiger partial charge is 0.279 e.